The van der Waals surface area contributed by atoms with Crippen LogP contribution in [0.2, 0.25) is 5.02 Å². The van der Waals surface area contributed by atoms with Crippen molar-refractivity contribution in [2.45, 2.75) is 59.3 Å². The number of phenolic OH excluding ortho intramolecular Hbond substituents is 1. The molecular formula is C23H26BrClO5. The molecule has 0 radical (unpaired) electrons. The van der Waals surface area contributed by atoms with Crippen molar-refractivity contribution in [3.05, 3.63) is 27.2 Å². The highest BCUT2D eigenvalue weighted by Gasteiger charge is 2.52. The van der Waals surface area contributed by atoms with Crippen LogP contribution in [0.4, 0.5) is 0 Å². The Morgan fingerprint density at radius 1 is 0.867 bits per heavy atom. The van der Waals surface area contributed by atoms with Gasteiger partial charge in [0.25, 0.3) is 0 Å². The molecule has 2 saturated carbocycles. The molecule has 2 aliphatic carbocycles. The number of hydrogen-bond donors (Lipinski definition) is 1. The van der Waals surface area contributed by atoms with Crippen LogP contribution in [0.3, 0.4) is 0 Å². The average molecular weight is 498 g/mol. The molecule has 30 heavy (non-hydrogen) atoms. The fourth-order valence-corrected chi connectivity index (χ4v) is 5.84. The summed E-state index contributed by atoms with van der Waals surface area (Å²) in [7, 11) is 0. The van der Waals surface area contributed by atoms with Crippen LogP contribution < -0.4 is 0 Å². The zero-order valence-electron chi connectivity index (χ0n) is 17.6. The molecule has 1 aromatic rings. The van der Waals surface area contributed by atoms with E-state index in [1.807, 2.05) is 27.7 Å². The Morgan fingerprint density at radius 2 is 1.23 bits per heavy atom. The first kappa shape index (κ1) is 23.1. The Hall–Kier alpha value is -1.53. The number of phenols is 1. The molecule has 0 saturated heterocycles. The first-order valence-electron chi connectivity index (χ1n) is 10.0. The SMILES string of the molecule is CC1(C)CC(=O)C(C(c2cc(Cl)cc(Br)c2O)C2C(=O)CC(C)(C)CC2=O)C(=O)C1. The van der Waals surface area contributed by atoms with E-state index in [9.17, 15) is 24.3 Å². The second-order valence-corrected chi connectivity index (χ2v) is 11.5. The van der Waals surface area contributed by atoms with Gasteiger partial charge in [0.05, 0.1) is 16.3 Å². The van der Waals surface area contributed by atoms with Gasteiger partial charge in [-0.25, -0.2) is 0 Å². The van der Waals surface area contributed by atoms with Gasteiger partial charge < -0.3 is 5.11 Å². The van der Waals surface area contributed by atoms with Crippen LogP contribution in [0, 0.1) is 22.7 Å². The number of halogens is 2. The lowest BCUT2D eigenvalue weighted by Gasteiger charge is -2.41. The Morgan fingerprint density at radius 3 is 1.60 bits per heavy atom. The molecule has 1 aromatic carbocycles. The molecule has 2 aliphatic rings. The Balaban J connectivity index is 2.19. The molecule has 0 atom stereocenters. The third-order valence-corrected chi connectivity index (χ3v) is 6.96. The molecule has 3 rings (SSSR count). The predicted molar refractivity (Wildman–Crippen MR) is 117 cm³/mol. The topological polar surface area (TPSA) is 88.5 Å². The molecule has 2 fully saturated rings. The Labute approximate surface area is 189 Å². The molecule has 7 heteroatoms. The van der Waals surface area contributed by atoms with Gasteiger partial charge in [-0.3, -0.25) is 19.2 Å². The number of aromatic hydroxyl groups is 1. The van der Waals surface area contributed by atoms with Crippen LogP contribution >= 0.6 is 27.5 Å². The predicted octanol–water partition coefficient (Wildman–Crippen LogP) is 5.04. The van der Waals surface area contributed by atoms with Crippen molar-refractivity contribution >= 4 is 50.7 Å². The first-order chi connectivity index (χ1) is 13.7. The first-order valence-corrected chi connectivity index (χ1v) is 11.2. The number of carbonyl (C=O) groups excluding carboxylic acids is 4. The summed E-state index contributed by atoms with van der Waals surface area (Å²) in [6.45, 7) is 7.39. The molecule has 0 spiro atoms. The molecule has 0 unspecified atom stereocenters. The van der Waals surface area contributed by atoms with E-state index in [0.717, 1.165) is 0 Å². The lowest BCUT2D eigenvalue weighted by Crippen LogP contribution is -2.48. The molecule has 0 amide bonds. The van der Waals surface area contributed by atoms with E-state index in [1.165, 1.54) is 12.1 Å². The summed E-state index contributed by atoms with van der Waals surface area (Å²) in [6, 6.07) is 2.94. The third-order valence-electron chi connectivity index (χ3n) is 6.13. The Kier molecular flexibility index (Phi) is 6.07. The highest BCUT2D eigenvalue weighted by atomic mass is 79.9. The number of carbonyl (C=O) groups is 4. The summed E-state index contributed by atoms with van der Waals surface area (Å²) < 4.78 is 0.280. The monoisotopic (exact) mass is 496 g/mol. The summed E-state index contributed by atoms with van der Waals surface area (Å²) in [5.41, 5.74) is -0.768. The van der Waals surface area contributed by atoms with Gasteiger partial charge in [-0.15, -0.1) is 0 Å². The summed E-state index contributed by atoms with van der Waals surface area (Å²) in [5.74, 6) is -4.80. The Bertz CT molecular complexity index is 861. The molecular weight excluding hydrogens is 472 g/mol. The van der Waals surface area contributed by atoms with Gasteiger partial charge >= 0.3 is 0 Å². The highest BCUT2D eigenvalue weighted by molar-refractivity contribution is 9.10. The van der Waals surface area contributed by atoms with E-state index in [4.69, 9.17) is 11.6 Å². The lowest BCUT2D eigenvalue weighted by atomic mass is 9.59. The van der Waals surface area contributed by atoms with Crippen LogP contribution in [-0.2, 0) is 19.2 Å². The standard InChI is InChI=1S/C23H26BrClO5/c1-22(2)7-14(26)19(15(27)8-22)18(12-5-11(25)6-13(24)21(12)30)20-16(28)9-23(3,4)10-17(20)29/h5-6,18-20,30H,7-10H2,1-4H3. The van der Waals surface area contributed by atoms with Crippen molar-refractivity contribution in [1.82, 2.24) is 0 Å². The van der Waals surface area contributed by atoms with Crippen LogP contribution in [-0.4, -0.2) is 28.2 Å². The molecule has 0 bridgehead atoms. The average Bonchev–Trinajstić information content (AvgIpc) is 2.53. The van der Waals surface area contributed by atoms with Gasteiger partial charge in [0.2, 0.25) is 0 Å². The molecule has 0 heterocycles. The van der Waals surface area contributed by atoms with Crippen LogP contribution in [0.1, 0.15) is 64.9 Å². The zero-order chi connectivity index (χ0) is 22.6. The highest BCUT2D eigenvalue weighted by Crippen LogP contribution is 2.50. The van der Waals surface area contributed by atoms with Crippen molar-refractivity contribution in [2.24, 2.45) is 22.7 Å². The second-order valence-electron chi connectivity index (χ2n) is 10.2. The quantitative estimate of drug-likeness (QED) is 0.591. The van der Waals surface area contributed by atoms with E-state index >= 15 is 0 Å². The minimum Gasteiger partial charge on any atom is -0.506 e. The van der Waals surface area contributed by atoms with E-state index in [2.05, 4.69) is 15.9 Å². The van der Waals surface area contributed by atoms with Crippen LogP contribution in [0.15, 0.2) is 16.6 Å². The van der Waals surface area contributed by atoms with Gasteiger partial charge in [0.1, 0.15) is 28.9 Å². The van der Waals surface area contributed by atoms with E-state index < -0.39 is 28.6 Å². The number of hydrogen-bond acceptors (Lipinski definition) is 5. The van der Waals surface area contributed by atoms with Crippen molar-refractivity contribution < 1.29 is 24.3 Å². The molecule has 5 nitrogen and oxygen atoms in total. The maximum absolute atomic E-state index is 13.1. The number of rotatable bonds is 3. The van der Waals surface area contributed by atoms with Crippen LogP contribution in [0.5, 0.6) is 5.75 Å². The molecule has 0 aliphatic heterocycles. The van der Waals surface area contributed by atoms with Crippen LogP contribution in [0.25, 0.3) is 0 Å². The normalized spacial score (nSPS) is 22.8. The summed E-state index contributed by atoms with van der Waals surface area (Å²) in [6.07, 6.45) is 0.679. The third kappa shape index (κ3) is 4.40. The van der Waals surface area contributed by atoms with Gasteiger partial charge in [0, 0.05) is 42.2 Å². The van der Waals surface area contributed by atoms with Crippen molar-refractivity contribution in [3.8, 4) is 5.75 Å². The zero-order valence-corrected chi connectivity index (χ0v) is 19.9. The smallest absolute Gasteiger partial charge is 0.144 e. The molecule has 162 valence electrons. The van der Waals surface area contributed by atoms with Crippen molar-refractivity contribution in [2.75, 3.05) is 0 Å². The largest absolute Gasteiger partial charge is 0.506 e. The van der Waals surface area contributed by atoms with Gasteiger partial charge in [-0.05, 0) is 38.9 Å². The fraction of sp³-hybridized carbons (Fsp3) is 0.565. The maximum atomic E-state index is 13.1. The minimum absolute atomic E-state index is 0.170. The molecule has 0 aromatic heterocycles. The van der Waals surface area contributed by atoms with E-state index in [-0.39, 0.29) is 69.6 Å². The van der Waals surface area contributed by atoms with Gasteiger partial charge in [-0.2, -0.15) is 0 Å². The number of ketones is 4. The lowest BCUT2D eigenvalue weighted by molar-refractivity contribution is -0.145. The van der Waals surface area contributed by atoms with E-state index in [0.29, 0.717) is 0 Å². The molecule has 1 N–H and O–H groups in total. The minimum atomic E-state index is -1.16. The summed E-state index contributed by atoms with van der Waals surface area (Å²) in [4.78, 5) is 52.5. The van der Waals surface area contributed by atoms with E-state index in [1.54, 1.807) is 0 Å². The second kappa shape index (κ2) is 7.86. The van der Waals surface area contributed by atoms with Gasteiger partial charge in [-0.1, -0.05) is 39.3 Å². The summed E-state index contributed by atoms with van der Waals surface area (Å²) >= 11 is 9.44. The van der Waals surface area contributed by atoms with Gasteiger partial charge in [0.15, 0.2) is 0 Å². The number of benzene rings is 1. The summed E-state index contributed by atoms with van der Waals surface area (Å²) in [5, 5.41) is 11.0. The maximum Gasteiger partial charge on any atom is 0.144 e. The fourth-order valence-electron chi connectivity index (χ4n) is 5.00. The number of Topliss-reactive ketones (excluding diaryl/α,β-unsaturated/α-hetero) is 4. The van der Waals surface area contributed by atoms with Crippen molar-refractivity contribution in [1.29, 1.82) is 0 Å². The van der Waals surface area contributed by atoms with Crippen molar-refractivity contribution in [3.63, 3.8) is 0 Å².